The Labute approximate surface area is 186 Å². The minimum Gasteiger partial charge on any atom is -0.467 e. The number of hydrogen-bond acceptors (Lipinski definition) is 4. The van der Waals surface area contributed by atoms with Crippen LogP contribution in [0.15, 0.2) is 68.4 Å². The van der Waals surface area contributed by atoms with Gasteiger partial charge in [-0.05, 0) is 66.3 Å². The van der Waals surface area contributed by atoms with Crippen LogP contribution in [0.2, 0.25) is 0 Å². The van der Waals surface area contributed by atoms with Crippen molar-refractivity contribution in [2.75, 3.05) is 0 Å². The molecule has 0 saturated heterocycles. The topological polar surface area (TPSA) is 63.7 Å². The molecule has 0 aliphatic carbocycles. The first-order valence-corrected chi connectivity index (χ1v) is 10.9. The van der Waals surface area contributed by atoms with Gasteiger partial charge in [0.25, 0.3) is 5.91 Å². The molecule has 0 spiro atoms. The quantitative estimate of drug-likeness (QED) is 0.408. The number of aryl methyl sites for hydroxylation is 2. The van der Waals surface area contributed by atoms with E-state index in [1.807, 2.05) is 44.2 Å². The van der Waals surface area contributed by atoms with E-state index < -0.39 is 6.04 Å². The molecule has 0 radical (unpaired) electrons. The van der Waals surface area contributed by atoms with Crippen LogP contribution in [0.3, 0.4) is 0 Å². The molecule has 0 fully saturated rings. The average Bonchev–Trinajstić information content (AvgIpc) is 3.38. The number of fused-ring (bicyclic) bond motifs is 2. The number of hydrogen-bond donors (Lipinski definition) is 0. The molecule has 3 heterocycles. The predicted molar refractivity (Wildman–Crippen MR) is 123 cm³/mol. The van der Waals surface area contributed by atoms with E-state index in [1.54, 1.807) is 17.2 Å². The Hall–Kier alpha value is -3.60. The molecule has 2 aromatic carbocycles. The number of furan rings is 1. The van der Waals surface area contributed by atoms with Gasteiger partial charge in [-0.2, -0.15) is 0 Å². The Morgan fingerprint density at radius 1 is 1.00 bits per heavy atom. The molecule has 1 aliphatic rings. The lowest BCUT2D eigenvalue weighted by Gasteiger charge is -2.24. The van der Waals surface area contributed by atoms with Crippen LogP contribution in [0.5, 0.6) is 0 Å². The summed E-state index contributed by atoms with van der Waals surface area (Å²) in [5.74, 6) is 0.862. The molecular formula is C27H25NO4. The maximum absolute atomic E-state index is 13.7. The number of nitrogens with zero attached hydrogens (tertiary/aromatic N) is 1. The second kappa shape index (κ2) is 7.52. The molecule has 5 rings (SSSR count). The Kier molecular flexibility index (Phi) is 4.77. The first-order chi connectivity index (χ1) is 15.3. The van der Waals surface area contributed by atoms with Crippen LogP contribution in [-0.2, 0) is 6.54 Å². The summed E-state index contributed by atoms with van der Waals surface area (Å²) in [5, 5.41) is 0.503. The van der Waals surface area contributed by atoms with Gasteiger partial charge in [0, 0.05) is 0 Å². The summed E-state index contributed by atoms with van der Waals surface area (Å²) in [4.78, 5) is 28.8. The van der Waals surface area contributed by atoms with Crippen molar-refractivity contribution in [2.45, 2.75) is 46.2 Å². The lowest BCUT2D eigenvalue weighted by atomic mass is 9.95. The highest BCUT2D eigenvalue weighted by Gasteiger charge is 2.43. The van der Waals surface area contributed by atoms with Crippen molar-refractivity contribution in [2.24, 2.45) is 0 Å². The third kappa shape index (κ3) is 3.16. The lowest BCUT2D eigenvalue weighted by Crippen LogP contribution is -2.29. The van der Waals surface area contributed by atoms with Gasteiger partial charge in [-0.25, -0.2) is 0 Å². The van der Waals surface area contributed by atoms with E-state index in [0.717, 1.165) is 16.7 Å². The third-order valence-corrected chi connectivity index (χ3v) is 6.41. The van der Waals surface area contributed by atoms with Gasteiger partial charge >= 0.3 is 0 Å². The Morgan fingerprint density at radius 3 is 2.38 bits per heavy atom. The number of amides is 1. The molecule has 32 heavy (non-hydrogen) atoms. The SMILES string of the molecule is Cc1cc2oc3c(c(=O)c2cc1C)C(c1ccc(C(C)C)cc1)N(Cc1ccco1)C3=O. The van der Waals surface area contributed by atoms with Crippen molar-refractivity contribution in [1.82, 2.24) is 4.90 Å². The Bertz CT molecular complexity index is 1380. The lowest BCUT2D eigenvalue weighted by molar-refractivity contribution is 0.0701. The highest BCUT2D eigenvalue weighted by molar-refractivity contribution is 5.99. The van der Waals surface area contributed by atoms with Crippen LogP contribution in [0.1, 0.15) is 69.9 Å². The summed E-state index contributed by atoms with van der Waals surface area (Å²) in [6, 6.07) is 14.9. The number of carbonyl (C=O) groups excluding carboxylic acids is 1. The zero-order valence-electron chi connectivity index (χ0n) is 18.6. The molecular weight excluding hydrogens is 402 g/mol. The second-order valence-corrected chi connectivity index (χ2v) is 8.84. The first-order valence-electron chi connectivity index (χ1n) is 10.9. The summed E-state index contributed by atoms with van der Waals surface area (Å²) >= 11 is 0. The number of benzene rings is 2. The largest absolute Gasteiger partial charge is 0.467 e. The van der Waals surface area contributed by atoms with Gasteiger partial charge in [-0.3, -0.25) is 9.59 Å². The molecule has 5 nitrogen and oxygen atoms in total. The van der Waals surface area contributed by atoms with Crippen molar-refractivity contribution in [3.63, 3.8) is 0 Å². The van der Waals surface area contributed by atoms with E-state index in [1.165, 1.54) is 5.56 Å². The number of rotatable bonds is 4. The first kappa shape index (κ1) is 20.3. The molecule has 0 bridgehead atoms. The highest BCUT2D eigenvalue weighted by Crippen LogP contribution is 2.39. The Morgan fingerprint density at radius 2 is 1.72 bits per heavy atom. The minimum atomic E-state index is -0.536. The molecule has 0 N–H and O–H groups in total. The number of carbonyl (C=O) groups is 1. The molecule has 1 atom stereocenters. The maximum atomic E-state index is 13.7. The molecule has 1 amide bonds. The van der Waals surface area contributed by atoms with E-state index in [-0.39, 0.29) is 23.6 Å². The van der Waals surface area contributed by atoms with Gasteiger partial charge < -0.3 is 13.7 Å². The maximum Gasteiger partial charge on any atom is 0.291 e. The molecule has 162 valence electrons. The summed E-state index contributed by atoms with van der Waals surface area (Å²) in [5.41, 5.74) is 4.79. The van der Waals surface area contributed by atoms with Gasteiger partial charge in [0.1, 0.15) is 11.3 Å². The standard InChI is InChI=1S/C27H25NO4/c1-15(2)18-7-9-19(10-8-18)24-23-25(29)21-12-16(3)17(4)13-22(21)32-26(23)27(30)28(24)14-20-6-5-11-31-20/h5-13,15,24H,14H2,1-4H3. The monoisotopic (exact) mass is 427 g/mol. The van der Waals surface area contributed by atoms with E-state index in [2.05, 4.69) is 26.0 Å². The predicted octanol–water partition coefficient (Wildman–Crippen LogP) is 5.87. The van der Waals surface area contributed by atoms with Crippen molar-refractivity contribution in [1.29, 1.82) is 0 Å². The molecule has 0 saturated carbocycles. The van der Waals surface area contributed by atoms with E-state index >= 15 is 0 Å². The molecule has 1 aliphatic heterocycles. The van der Waals surface area contributed by atoms with Crippen molar-refractivity contribution >= 4 is 16.9 Å². The molecule has 1 unspecified atom stereocenters. The van der Waals surface area contributed by atoms with Crippen LogP contribution >= 0.6 is 0 Å². The molecule has 4 aromatic rings. The fraction of sp³-hybridized carbons (Fsp3) is 0.259. The Balaban J connectivity index is 1.73. The van der Waals surface area contributed by atoms with Gasteiger partial charge in [-0.15, -0.1) is 0 Å². The zero-order chi connectivity index (χ0) is 22.6. The van der Waals surface area contributed by atoms with Gasteiger partial charge in [0.2, 0.25) is 5.76 Å². The normalized spacial score (nSPS) is 15.7. The van der Waals surface area contributed by atoms with Gasteiger partial charge in [-0.1, -0.05) is 38.1 Å². The zero-order valence-corrected chi connectivity index (χ0v) is 18.6. The van der Waals surface area contributed by atoms with Gasteiger partial charge in [0.15, 0.2) is 5.43 Å². The average molecular weight is 428 g/mol. The van der Waals surface area contributed by atoms with Crippen LogP contribution in [-0.4, -0.2) is 10.8 Å². The van der Waals surface area contributed by atoms with Crippen LogP contribution in [0, 0.1) is 13.8 Å². The smallest absolute Gasteiger partial charge is 0.291 e. The summed E-state index contributed by atoms with van der Waals surface area (Å²) < 4.78 is 11.6. The fourth-order valence-electron chi connectivity index (χ4n) is 4.42. The van der Waals surface area contributed by atoms with E-state index in [9.17, 15) is 9.59 Å². The van der Waals surface area contributed by atoms with Crippen LogP contribution < -0.4 is 5.43 Å². The van der Waals surface area contributed by atoms with E-state index in [4.69, 9.17) is 8.83 Å². The van der Waals surface area contributed by atoms with Crippen molar-refractivity contribution < 1.29 is 13.6 Å². The van der Waals surface area contributed by atoms with Crippen LogP contribution in [0.25, 0.3) is 11.0 Å². The second-order valence-electron chi connectivity index (χ2n) is 8.84. The van der Waals surface area contributed by atoms with E-state index in [0.29, 0.717) is 28.2 Å². The van der Waals surface area contributed by atoms with Crippen molar-refractivity contribution in [3.8, 4) is 0 Å². The summed E-state index contributed by atoms with van der Waals surface area (Å²) in [6.45, 7) is 8.46. The van der Waals surface area contributed by atoms with Gasteiger partial charge in [0.05, 0.1) is 29.8 Å². The molecule has 2 aromatic heterocycles. The van der Waals surface area contributed by atoms with Crippen LogP contribution in [0.4, 0.5) is 0 Å². The fourth-order valence-corrected chi connectivity index (χ4v) is 4.42. The third-order valence-electron chi connectivity index (χ3n) is 6.41. The highest BCUT2D eigenvalue weighted by atomic mass is 16.3. The van der Waals surface area contributed by atoms with Crippen molar-refractivity contribution in [3.05, 3.63) is 104 Å². The summed E-state index contributed by atoms with van der Waals surface area (Å²) in [6.07, 6.45) is 1.58. The minimum absolute atomic E-state index is 0.121. The summed E-state index contributed by atoms with van der Waals surface area (Å²) in [7, 11) is 0. The molecule has 5 heteroatoms.